The smallest absolute Gasteiger partial charge is 0.352 e. The molecule has 1 amide bonds. The lowest BCUT2D eigenvalue weighted by Crippen LogP contribution is -2.26. The quantitative estimate of drug-likeness (QED) is 0.600. The Morgan fingerprint density at radius 2 is 1.78 bits per heavy atom. The van der Waals surface area contributed by atoms with Gasteiger partial charge in [0.2, 0.25) is 0 Å². The zero-order chi connectivity index (χ0) is 23.5. The maximum atomic E-state index is 12.6. The SMILES string of the molecule is Cc1ccc(-c2cc(C(=O)NCCc3ccc(C(F)(F)F)nc3)cc(S(C)(=O)=O)c2)nc1. The van der Waals surface area contributed by atoms with Gasteiger partial charge in [0.1, 0.15) is 5.69 Å². The molecule has 0 aliphatic heterocycles. The lowest BCUT2D eigenvalue weighted by molar-refractivity contribution is -0.141. The van der Waals surface area contributed by atoms with Crippen molar-refractivity contribution in [2.75, 3.05) is 12.8 Å². The van der Waals surface area contributed by atoms with Gasteiger partial charge < -0.3 is 5.32 Å². The molecule has 10 heteroatoms. The number of amides is 1. The predicted molar refractivity (Wildman–Crippen MR) is 113 cm³/mol. The number of benzene rings is 1. The molecule has 2 aromatic heterocycles. The lowest BCUT2D eigenvalue weighted by Gasteiger charge is -2.10. The van der Waals surface area contributed by atoms with Crippen LogP contribution in [0.1, 0.15) is 27.2 Å². The average Bonchev–Trinajstić information content (AvgIpc) is 2.73. The number of carbonyl (C=O) groups excluding carboxylic acids is 1. The Morgan fingerprint density at radius 1 is 1.03 bits per heavy atom. The zero-order valence-electron chi connectivity index (χ0n) is 17.3. The number of hydrogen-bond acceptors (Lipinski definition) is 5. The van der Waals surface area contributed by atoms with Gasteiger partial charge in [-0.25, -0.2) is 8.42 Å². The van der Waals surface area contributed by atoms with Crippen molar-refractivity contribution in [3.63, 3.8) is 0 Å². The van der Waals surface area contributed by atoms with E-state index in [0.717, 1.165) is 24.1 Å². The number of pyridine rings is 2. The summed E-state index contributed by atoms with van der Waals surface area (Å²) in [5, 5.41) is 2.65. The van der Waals surface area contributed by atoms with Crippen LogP contribution in [-0.2, 0) is 22.4 Å². The number of aromatic nitrogens is 2. The minimum atomic E-state index is -4.51. The molecule has 0 fully saturated rings. The molecule has 0 saturated heterocycles. The third-order valence-corrected chi connectivity index (χ3v) is 5.71. The summed E-state index contributed by atoms with van der Waals surface area (Å²) in [6, 6.07) is 10.0. The van der Waals surface area contributed by atoms with Crippen LogP contribution in [-0.4, -0.2) is 37.1 Å². The van der Waals surface area contributed by atoms with Crippen LogP contribution in [0, 0.1) is 6.92 Å². The third-order valence-electron chi connectivity index (χ3n) is 4.62. The van der Waals surface area contributed by atoms with Crippen LogP contribution in [0.15, 0.2) is 59.8 Å². The number of hydrogen-bond donors (Lipinski definition) is 1. The van der Waals surface area contributed by atoms with Crippen LogP contribution >= 0.6 is 0 Å². The molecule has 0 atom stereocenters. The van der Waals surface area contributed by atoms with Gasteiger partial charge in [0.05, 0.1) is 10.6 Å². The van der Waals surface area contributed by atoms with Gasteiger partial charge in [-0.2, -0.15) is 13.2 Å². The van der Waals surface area contributed by atoms with E-state index in [1.54, 1.807) is 18.3 Å². The highest BCUT2D eigenvalue weighted by atomic mass is 32.2. The van der Waals surface area contributed by atoms with Crippen LogP contribution < -0.4 is 5.32 Å². The predicted octanol–water partition coefficient (Wildman–Crippen LogP) is 3.85. The Labute approximate surface area is 183 Å². The van der Waals surface area contributed by atoms with E-state index < -0.39 is 27.6 Å². The molecule has 0 aliphatic carbocycles. The van der Waals surface area contributed by atoms with Crippen LogP contribution in [0.3, 0.4) is 0 Å². The van der Waals surface area contributed by atoms with Crippen molar-refractivity contribution in [2.24, 2.45) is 0 Å². The first-order chi connectivity index (χ1) is 14.9. The van der Waals surface area contributed by atoms with Gasteiger partial charge >= 0.3 is 6.18 Å². The summed E-state index contributed by atoms with van der Waals surface area (Å²) in [4.78, 5) is 20.3. The highest BCUT2D eigenvalue weighted by Gasteiger charge is 2.31. The van der Waals surface area contributed by atoms with Crippen molar-refractivity contribution in [3.05, 3.63) is 77.2 Å². The summed E-state index contributed by atoms with van der Waals surface area (Å²) in [5.74, 6) is -0.510. The first kappa shape index (κ1) is 23.4. The molecule has 3 aromatic rings. The van der Waals surface area contributed by atoms with E-state index in [4.69, 9.17) is 0 Å². The fraction of sp³-hybridized carbons (Fsp3) is 0.227. The third kappa shape index (κ3) is 5.91. The Morgan fingerprint density at radius 3 is 2.34 bits per heavy atom. The monoisotopic (exact) mass is 463 g/mol. The van der Waals surface area contributed by atoms with E-state index in [1.165, 1.54) is 18.2 Å². The summed E-state index contributed by atoms with van der Waals surface area (Å²) in [6.07, 6.45) is -0.453. The highest BCUT2D eigenvalue weighted by molar-refractivity contribution is 7.90. The minimum absolute atomic E-state index is 0.0190. The molecule has 0 bridgehead atoms. The molecular weight excluding hydrogens is 443 g/mol. The van der Waals surface area contributed by atoms with E-state index in [2.05, 4.69) is 15.3 Å². The fourth-order valence-corrected chi connectivity index (χ4v) is 3.58. The molecule has 6 nitrogen and oxygen atoms in total. The summed E-state index contributed by atoms with van der Waals surface area (Å²) in [5.41, 5.74) is 1.60. The molecule has 168 valence electrons. The number of nitrogens with one attached hydrogen (secondary N) is 1. The van der Waals surface area contributed by atoms with E-state index >= 15 is 0 Å². The Balaban J connectivity index is 1.76. The van der Waals surface area contributed by atoms with E-state index in [9.17, 15) is 26.4 Å². The van der Waals surface area contributed by atoms with Crippen LogP contribution in [0.4, 0.5) is 13.2 Å². The van der Waals surface area contributed by atoms with Crippen molar-refractivity contribution in [1.82, 2.24) is 15.3 Å². The number of sulfone groups is 1. The molecule has 0 radical (unpaired) electrons. The summed E-state index contributed by atoms with van der Waals surface area (Å²) >= 11 is 0. The first-order valence-electron chi connectivity index (χ1n) is 9.52. The van der Waals surface area contributed by atoms with Gasteiger partial charge in [0, 0.05) is 36.3 Å². The molecule has 1 aromatic carbocycles. The second kappa shape index (κ2) is 9.07. The molecule has 0 aliphatic rings. The molecular formula is C22H20F3N3O3S. The van der Waals surface area contributed by atoms with E-state index in [0.29, 0.717) is 16.8 Å². The number of carbonyl (C=O) groups is 1. The van der Waals surface area contributed by atoms with Gasteiger partial charge in [-0.1, -0.05) is 12.1 Å². The molecule has 0 saturated carbocycles. The summed E-state index contributed by atoms with van der Waals surface area (Å²) in [6.45, 7) is 2.00. The van der Waals surface area contributed by atoms with Crippen molar-refractivity contribution < 1.29 is 26.4 Å². The summed E-state index contributed by atoms with van der Waals surface area (Å²) in [7, 11) is -3.59. The average molecular weight is 463 g/mol. The van der Waals surface area contributed by atoms with Crippen molar-refractivity contribution in [1.29, 1.82) is 0 Å². The van der Waals surface area contributed by atoms with Crippen LogP contribution in [0.5, 0.6) is 0 Å². The lowest BCUT2D eigenvalue weighted by atomic mass is 10.1. The number of nitrogens with zero attached hydrogens (tertiary/aromatic N) is 2. The Hall–Kier alpha value is -3.27. The minimum Gasteiger partial charge on any atom is -0.352 e. The van der Waals surface area contributed by atoms with Crippen LogP contribution in [0.25, 0.3) is 11.3 Å². The van der Waals surface area contributed by atoms with Gasteiger partial charge in [0.25, 0.3) is 5.91 Å². The van der Waals surface area contributed by atoms with Gasteiger partial charge in [-0.05, 0) is 54.8 Å². The van der Waals surface area contributed by atoms with Gasteiger partial charge in [0.15, 0.2) is 9.84 Å². The largest absolute Gasteiger partial charge is 0.433 e. The zero-order valence-corrected chi connectivity index (χ0v) is 18.1. The Bertz CT molecular complexity index is 1220. The van der Waals surface area contributed by atoms with Crippen LogP contribution in [0.2, 0.25) is 0 Å². The molecule has 0 spiro atoms. The van der Waals surface area contributed by atoms with Gasteiger partial charge in [-0.15, -0.1) is 0 Å². The van der Waals surface area contributed by atoms with Crippen molar-refractivity contribution >= 4 is 15.7 Å². The number of aryl methyl sites for hydroxylation is 1. The second-order valence-corrected chi connectivity index (χ2v) is 9.31. The van der Waals surface area contributed by atoms with Crippen molar-refractivity contribution in [3.8, 4) is 11.3 Å². The highest BCUT2D eigenvalue weighted by Crippen LogP contribution is 2.27. The van der Waals surface area contributed by atoms with Crippen molar-refractivity contribution in [2.45, 2.75) is 24.4 Å². The van der Waals surface area contributed by atoms with E-state index in [1.807, 2.05) is 13.0 Å². The second-order valence-electron chi connectivity index (χ2n) is 7.29. The maximum absolute atomic E-state index is 12.6. The first-order valence-corrected chi connectivity index (χ1v) is 11.4. The molecule has 1 N–H and O–H groups in total. The molecule has 2 heterocycles. The topological polar surface area (TPSA) is 89.0 Å². The standard InChI is InChI=1S/C22H20F3N3O3S/c1-14-3-5-19(27-12-14)16-9-17(11-18(10-16)32(2,30)31)21(29)26-8-7-15-4-6-20(28-13-15)22(23,24)25/h3-6,9-13H,7-8H2,1-2H3,(H,26,29). The van der Waals surface area contributed by atoms with E-state index in [-0.39, 0.29) is 23.4 Å². The van der Waals surface area contributed by atoms with Gasteiger partial charge in [-0.3, -0.25) is 14.8 Å². The fourth-order valence-electron chi connectivity index (χ4n) is 2.89. The molecule has 32 heavy (non-hydrogen) atoms. The molecule has 3 rings (SSSR count). The number of rotatable bonds is 6. The summed E-state index contributed by atoms with van der Waals surface area (Å²) < 4.78 is 62.0. The normalized spacial score (nSPS) is 11.9. The number of alkyl halides is 3. The number of halogens is 3. The maximum Gasteiger partial charge on any atom is 0.433 e. The molecule has 0 unspecified atom stereocenters. The Kier molecular flexibility index (Phi) is 6.63.